The predicted molar refractivity (Wildman–Crippen MR) is 78.0 cm³/mol. The summed E-state index contributed by atoms with van der Waals surface area (Å²) in [6.45, 7) is 2.28. The molecule has 1 aromatic heterocycles. The van der Waals surface area contributed by atoms with Gasteiger partial charge < -0.3 is 10.0 Å². The van der Waals surface area contributed by atoms with Gasteiger partial charge in [0.25, 0.3) is 5.91 Å². The summed E-state index contributed by atoms with van der Waals surface area (Å²) in [4.78, 5) is 24.8. The fraction of sp³-hybridized carbons (Fsp3) is 0.308. The van der Waals surface area contributed by atoms with E-state index in [1.165, 1.54) is 22.0 Å². The molecular formula is C13H14ClN5O3. The molecule has 0 unspecified atom stereocenters. The lowest BCUT2D eigenvalue weighted by atomic mass is 10.1. The molecule has 0 aliphatic heterocycles. The van der Waals surface area contributed by atoms with Gasteiger partial charge in [-0.15, -0.1) is 5.10 Å². The van der Waals surface area contributed by atoms with Gasteiger partial charge in [-0.3, -0.25) is 9.59 Å². The van der Waals surface area contributed by atoms with E-state index in [1.54, 1.807) is 19.1 Å². The number of hydrogen-bond donors (Lipinski definition) is 1. The van der Waals surface area contributed by atoms with E-state index in [9.17, 15) is 9.59 Å². The number of carbonyl (C=O) groups is 2. The molecule has 0 atom stereocenters. The van der Waals surface area contributed by atoms with Crippen molar-refractivity contribution in [2.75, 3.05) is 13.1 Å². The first kappa shape index (κ1) is 15.9. The lowest BCUT2D eigenvalue weighted by Gasteiger charge is -2.21. The number of rotatable bonds is 6. The van der Waals surface area contributed by atoms with Crippen LogP contribution in [0.1, 0.15) is 23.7 Å². The van der Waals surface area contributed by atoms with Gasteiger partial charge in [-0.25, -0.2) is 0 Å². The van der Waals surface area contributed by atoms with E-state index in [-0.39, 0.29) is 18.9 Å². The number of aliphatic carboxylic acids is 1. The van der Waals surface area contributed by atoms with Crippen LogP contribution in [0.3, 0.4) is 0 Å². The number of carboxylic acids is 1. The topological polar surface area (TPSA) is 101 Å². The second-order valence-corrected chi connectivity index (χ2v) is 4.88. The van der Waals surface area contributed by atoms with Gasteiger partial charge in [0, 0.05) is 18.1 Å². The van der Waals surface area contributed by atoms with Gasteiger partial charge >= 0.3 is 5.97 Å². The van der Waals surface area contributed by atoms with E-state index in [0.29, 0.717) is 22.8 Å². The molecule has 0 bridgehead atoms. The van der Waals surface area contributed by atoms with Crippen molar-refractivity contribution >= 4 is 23.5 Å². The van der Waals surface area contributed by atoms with Gasteiger partial charge in [0.15, 0.2) is 0 Å². The maximum absolute atomic E-state index is 12.6. The SMILES string of the molecule is CCN(CCC(=O)O)C(=O)c1cc(Cl)ccc1-n1cnnn1. The van der Waals surface area contributed by atoms with Crippen molar-refractivity contribution in [1.82, 2.24) is 25.1 Å². The molecule has 0 saturated heterocycles. The Bertz CT molecular complexity index is 674. The second-order valence-electron chi connectivity index (χ2n) is 4.44. The van der Waals surface area contributed by atoms with E-state index in [1.807, 2.05) is 0 Å². The van der Waals surface area contributed by atoms with Crippen LogP contribution in [0.25, 0.3) is 5.69 Å². The van der Waals surface area contributed by atoms with Crippen LogP contribution in [0.2, 0.25) is 5.02 Å². The molecule has 0 aliphatic carbocycles. The van der Waals surface area contributed by atoms with Crippen LogP contribution >= 0.6 is 11.6 Å². The summed E-state index contributed by atoms with van der Waals surface area (Å²) < 4.78 is 1.36. The Labute approximate surface area is 131 Å². The molecule has 2 rings (SSSR count). The fourth-order valence-corrected chi connectivity index (χ4v) is 2.13. The Morgan fingerprint density at radius 3 is 2.77 bits per heavy atom. The normalized spacial score (nSPS) is 10.5. The lowest BCUT2D eigenvalue weighted by Crippen LogP contribution is -2.33. The Balaban J connectivity index is 2.35. The number of halogens is 1. The highest BCUT2D eigenvalue weighted by Gasteiger charge is 2.20. The van der Waals surface area contributed by atoms with Gasteiger partial charge in [-0.1, -0.05) is 11.6 Å². The number of benzene rings is 1. The van der Waals surface area contributed by atoms with E-state index >= 15 is 0 Å². The Morgan fingerprint density at radius 2 is 2.18 bits per heavy atom. The van der Waals surface area contributed by atoms with Crippen molar-refractivity contribution in [3.05, 3.63) is 35.1 Å². The zero-order chi connectivity index (χ0) is 16.1. The van der Waals surface area contributed by atoms with Crippen molar-refractivity contribution in [2.45, 2.75) is 13.3 Å². The summed E-state index contributed by atoms with van der Waals surface area (Å²) in [5.41, 5.74) is 0.792. The van der Waals surface area contributed by atoms with Crippen LogP contribution in [-0.4, -0.2) is 55.2 Å². The number of nitrogens with zero attached hydrogens (tertiary/aromatic N) is 5. The van der Waals surface area contributed by atoms with Crippen molar-refractivity contribution < 1.29 is 14.7 Å². The molecule has 1 N–H and O–H groups in total. The number of carbonyl (C=O) groups excluding carboxylic acids is 1. The fourth-order valence-electron chi connectivity index (χ4n) is 1.96. The standard InChI is InChI=1S/C13H14ClN5O3/c1-2-18(6-5-12(20)21)13(22)10-7-9(14)3-4-11(10)19-8-15-16-17-19/h3-4,7-8H,2,5-6H2,1H3,(H,20,21). The Hall–Kier alpha value is -2.48. The van der Waals surface area contributed by atoms with Gasteiger partial charge in [0.2, 0.25) is 0 Å². The third-order valence-electron chi connectivity index (χ3n) is 3.05. The second kappa shape index (κ2) is 6.99. The van der Waals surface area contributed by atoms with E-state index < -0.39 is 5.97 Å². The highest BCUT2D eigenvalue weighted by Crippen LogP contribution is 2.20. The van der Waals surface area contributed by atoms with Gasteiger partial charge in [-0.2, -0.15) is 4.68 Å². The molecule has 9 heteroatoms. The summed E-state index contributed by atoms with van der Waals surface area (Å²) in [7, 11) is 0. The zero-order valence-corrected chi connectivity index (χ0v) is 12.6. The van der Waals surface area contributed by atoms with Crippen molar-refractivity contribution in [3.63, 3.8) is 0 Å². The van der Waals surface area contributed by atoms with Gasteiger partial charge in [0.1, 0.15) is 6.33 Å². The Morgan fingerprint density at radius 1 is 1.41 bits per heavy atom. The lowest BCUT2D eigenvalue weighted by molar-refractivity contribution is -0.137. The van der Waals surface area contributed by atoms with Crippen molar-refractivity contribution in [2.24, 2.45) is 0 Å². The first-order chi connectivity index (χ1) is 10.5. The van der Waals surface area contributed by atoms with Crippen LogP contribution in [0.5, 0.6) is 0 Å². The van der Waals surface area contributed by atoms with Gasteiger partial charge in [-0.05, 0) is 35.5 Å². The molecule has 1 aromatic carbocycles. The monoisotopic (exact) mass is 323 g/mol. The summed E-state index contributed by atoms with van der Waals surface area (Å²) in [6.07, 6.45) is 1.24. The molecule has 0 aliphatic rings. The highest BCUT2D eigenvalue weighted by atomic mass is 35.5. The molecule has 22 heavy (non-hydrogen) atoms. The smallest absolute Gasteiger partial charge is 0.305 e. The molecule has 2 aromatic rings. The average Bonchev–Trinajstić information content (AvgIpc) is 3.01. The average molecular weight is 324 g/mol. The molecule has 0 fully saturated rings. The summed E-state index contributed by atoms with van der Waals surface area (Å²) in [5, 5.41) is 20.0. The molecule has 1 heterocycles. The maximum atomic E-state index is 12.6. The first-order valence-corrected chi connectivity index (χ1v) is 6.94. The minimum absolute atomic E-state index is 0.117. The van der Waals surface area contributed by atoms with Gasteiger partial charge in [0.05, 0.1) is 17.7 Å². The molecule has 0 spiro atoms. The number of carboxylic acid groups (broad SMARTS) is 1. The van der Waals surface area contributed by atoms with Crippen molar-refractivity contribution in [3.8, 4) is 5.69 Å². The molecular weight excluding hydrogens is 310 g/mol. The number of tetrazole rings is 1. The van der Waals surface area contributed by atoms with Crippen LogP contribution in [0, 0.1) is 0 Å². The molecule has 0 radical (unpaired) electrons. The summed E-state index contributed by atoms with van der Waals surface area (Å²) >= 11 is 5.97. The molecule has 0 saturated carbocycles. The predicted octanol–water partition coefficient (Wildman–Crippen LogP) is 1.25. The minimum Gasteiger partial charge on any atom is -0.481 e. The summed E-state index contributed by atoms with van der Waals surface area (Å²) in [6, 6.07) is 4.78. The number of hydrogen-bond acceptors (Lipinski definition) is 5. The third kappa shape index (κ3) is 3.59. The number of amides is 1. The quantitative estimate of drug-likeness (QED) is 0.858. The third-order valence-corrected chi connectivity index (χ3v) is 3.28. The maximum Gasteiger partial charge on any atom is 0.305 e. The van der Waals surface area contributed by atoms with E-state index in [2.05, 4.69) is 15.5 Å². The van der Waals surface area contributed by atoms with E-state index in [0.717, 1.165) is 0 Å². The van der Waals surface area contributed by atoms with E-state index in [4.69, 9.17) is 16.7 Å². The minimum atomic E-state index is -0.960. The highest BCUT2D eigenvalue weighted by molar-refractivity contribution is 6.31. The van der Waals surface area contributed by atoms with Crippen LogP contribution < -0.4 is 0 Å². The Kier molecular flexibility index (Phi) is 5.05. The van der Waals surface area contributed by atoms with Crippen LogP contribution in [0.4, 0.5) is 0 Å². The first-order valence-electron chi connectivity index (χ1n) is 6.57. The van der Waals surface area contributed by atoms with Crippen LogP contribution in [-0.2, 0) is 4.79 Å². The largest absolute Gasteiger partial charge is 0.481 e. The molecule has 1 amide bonds. The van der Waals surface area contributed by atoms with Crippen LogP contribution in [0.15, 0.2) is 24.5 Å². The molecule has 8 nitrogen and oxygen atoms in total. The molecule has 116 valence electrons. The summed E-state index contributed by atoms with van der Waals surface area (Å²) in [5.74, 6) is -1.28. The number of aromatic nitrogens is 4. The van der Waals surface area contributed by atoms with Crippen molar-refractivity contribution in [1.29, 1.82) is 0 Å². The zero-order valence-electron chi connectivity index (χ0n) is 11.8.